The van der Waals surface area contributed by atoms with Gasteiger partial charge in [-0.1, -0.05) is 34.7 Å². The molecular formula is C8H10ClNOS2. The van der Waals surface area contributed by atoms with Crippen LogP contribution in [0.25, 0.3) is 0 Å². The van der Waals surface area contributed by atoms with Crippen LogP contribution >= 0.6 is 34.7 Å². The van der Waals surface area contributed by atoms with E-state index in [1.807, 2.05) is 0 Å². The molecule has 0 N–H and O–H groups in total. The van der Waals surface area contributed by atoms with E-state index in [0.717, 1.165) is 28.3 Å². The molecule has 0 bridgehead atoms. The molecule has 1 aromatic heterocycles. The topological polar surface area (TPSA) is 22.1 Å². The van der Waals surface area contributed by atoms with Crippen molar-refractivity contribution in [2.45, 2.75) is 22.4 Å². The van der Waals surface area contributed by atoms with Crippen LogP contribution in [0, 0.1) is 0 Å². The molecule has 72 valence electrons. The van der Waals surface area contributed by atoms with Gasteiger partial charge in [0, 0.05) is 11.9 Å². The quantitative estimate of drug-likeness (QED) is 0.787. The van der Waals surface area contributed by atoms with Crippen LogP contribution < -0.4 is 0 Å². The van der Waals surface area contributed by atoms with E-state index in [1.54, 1.807) is 29.3 Å². The van der Waals surface area contributed by atoms with Crippen molar-refractivity contribution in [3.63, 3.8) is 0 Å². The summed E-state index contributed by atoms with van der Waals surface area (Å²) < 4.78 is 7.20. The Kier molecular flexibility index (Phi) is 3.49. The van der Waals surface area contributed by atoms with E-state index in [2.05, 4.69) is 4.98 Å². The SMILES string of the molecule is Clc1cnc(SC2CCCOC2)s1. The number of rotatable bonds is 2. The molecule has 1 aliphatic heterocycles. The summed E-state index contributed by atoms with van der Waals surface area (Å²) in [7, 11) is 0. The molecule has 1 aliphatic rings. The van der Waals surface area contributed by atoms with Gasteiger partial charge in [0.05, 0.1) is 12.8 Å². The fourth-order valence-electron chi connectivity index (χ4n) is 1.24. The molecule has 0 radical (unpaired) electrons. The van der Waals surface area contributed by atoms with Crippen LogP contribution in [-0.2, 0) is 4.74 Å². The highest BCUT2D eigenvalue weighted by atomic mass is 35.5. The first kappa shape index (κ1) is 9.77. The zero-order valence-corrected chi connectivity index (χ0v) is 9.42. The smallest absolute Gasteiger partial charge is 0.151 e. The van der Waals surface area contributed by atoms with Crippen molar-refractivity contribution in [1.29, 1.82) is 0 Å². The summed E-state index contributed by atoms with van der Waals surface area (Å²) in [5.41, 5.74) is 0. The maximum atomic E-state index is 5.79. The molecule has 2 nitrogen and oxygen atoms in total. The molecule has 5 heteroatoms. The summed E-state index contributed by atoms with van der Waals surface area (Å²) in [6.45, 7) is 1.76. The van der Waals surface area contributed by atoms with Gasteiger partial charge in [-0.25, -0.2) is 4.98 Å². The van der Waals surface area contributed by atoms with Gasteiger partial charge < -0.3 is 4.74 Å². The number of hydrogen-bond acceptors (Lipinski definition) is 4. The second kappa shape index (κ2) is 4.64. The van der Waals surface area contributed by atoms with Gasteiger partial charge in [-0.15, -0.1) is 0 Å². The number of halogens is 1. The second-order valence-corrected chi connectivity index (χ2v) is 6.10. The summed E-state index contributed by atoms with van der Waals surface area (Å²) in [5, 5.41) is 0.566. The fourth-order valence-corrected chi connectivity index (χ4v) is 3.74. The Balaban J connectivity index is 1.89. The molecular weight excluding hydrogens is 226 g/mol. The number of hydrogen-bond donors (Lipinski definition) is 0. The van der Waals surface area contributed by atoms with Crippen molar-refractivity contribution in [3.8, 4) is 0 Å². The minimum atomic E-state index is 0.566. The van der Waals surface area contributed by atoms with E-state index in [1.165, 1.54) is 6.42 Å². The van der Waals surface area contributed by atoms with Crippen LogP contribution in [0.3, 0.4) is 0 Å². The Labute approximate surface area is 90.7 Å². The Morgan fingerprint density at radius 3 is 3.23 bits per heavy atom. The van der Waals surface area contributed by atoms with Gasteiger partial charge in [0.15, 0.2) is 4.34 Å². The molecule has 1 fully saturated rings. The van der Waals surface area contributed by atoms with Crippen LogP contribution in [0.1, 0.15) is 12.8 Å². The largest absolute Gasteiger partial charge is 0.380 e. The summed E-state index contributed by atoms with van der Waals surface area (Å²) in [5.74, 6) is 0. The molecule has 1 aromatic rings. The molecule has 1 atom stereocenters. The number of thioether (sulfide) groups is 1. The minimum Gasteiger partial charge on any atom is -0.380 e. The fraction of sp³-hybridized carbons (Fsp3) is 0.625. The third-order valence-electron chi connectivity index (χ3n) is 1.84. The first-order valence-corrected chi connectivity index (χ1v) is 6.28. The van der Waals surface area contributed by atoms with Gasteiger partial charge in [-0.3, -0.25) is 0 Å². The molecule has 13 heavy (non-hydrogen) atoms. The summed E-state index contributed by atoms with van der Waals surface area (Å²) in [6, 6.07) is 0. The third-order valence-corrected chi connectivity index (χ3v) is 4.30. The summed E-state index contributed by atoms with van der Waals surface area (Å²) in [6.07, 6.45) is 4.09. The average molecular weight is 236 g/mol. The lowest BCUT2D eigenvalue weighted by atomic mass is 10.2. The van der Waals surface area contributed by atoms with Crippen molar-refractivity contribution < 1.29 is 4.74 Å². The molecule has 0 amide bonds. The maximum absolute atomic E-state index is 5.79. The van der Waals surface area contributed by atoms with Crippen LogP contribution in [0.2, 0.25) is 4.34 Å². The molecule has 2 heterocycles. The molecule has 2 rings (SSSR count). The maximum Gasteiger partial charge on any atom is 0.151 e. The van der Waals surface area contributed by atoms with Crippen LogP contribution in [0.15, 0.2) is 10.5 Å². The zero-order chi connectivity index (χ0) is 9.10. The summed E-state index contributed by atoms with van der Waals surface area (Å²) >= 11 is 9.12. The van der Waals surface area contributed by atoms with Gasteiger partial charge in [-0.2, -0.15) is 0 Å². The number of nitrogens with zero attached hydrogens (tertiary/aromatic N) is 1. The van der Waals surface area contributed by atoms with E-state index >= 15 is 0 Å². The zero-order valence-electron chi connectivity index (χ0n) is 7.03. The monoisotopic (exact) mass is 235 g/mol. The molecule has 1 unspecified atom stereocenters. The predicted molar refractivity (Wildman–Crippen MR) is 56.8 cm³/mol. The van der Waals surface area contributed by atoms with E-state index in [9.17, 15) is 0 Å². The van der Waals surface area contributed by atoms with Crippen LogP contribution in [-0.4, -0.2) is 23.4 Å². The van der Waals surface area contributed by atoms with E-state index in [-0.39, 0.29) is 0 Å². The van der Waals surface area contributed by atoms with Gasteiger partial charge in [0.1, 0.15) is 4.34 Å². The minimum absolute atomic E-state index is 0.566. The third kappa shape index (κ3) is 2.84. The molecule has 1 saturated heterocycles. The second-order valence-electron chi connectivity index (χ2n) is 2.89. The highest BCUT2D eigenvalue weighted by molar-refractivity contribution is 8.01. The van der Waals surface area contributed by atoms with E-state index < -0.39 is 0 Å². The van der Waals surface area contributed by atoms with E-state index in [4.69, 9.17) is 16.3 Å². The predicted octanol–water partition coefficient (Wildman–Crippen LogP) is 3.07. The van der Waals surface area contributed by atoms with Crippen molar-refractivity contribution >= 4 is 34.7 Å². The lowest BCUT2D eigenvalue weighted by Gasteiger charge is -2.19. The highest BCUT2D eigenvalue weighted by Crippen LogP contribution is 2.33. The standard InChI is InChI=1S/C8H10ClNOS2/c9-7-4-10-8(13-7)12-6-2-1-3-11-5-6/h4,6H,1-3,5H2. The molecule has 0 aromatic carbocycles. The van der Waals surface area contributed by atoms with Crippen LogP contribution in [0.5, 0.6) is 0 Å². The Bertz CT molecular complexity index is 273. The Hall–Kier alpha value is 0.230. The Morgan fingerprint density at radius 2 is 2.62 bits per heavy atom. The van der Waals surface area contributed by atoms with Crippen molar-refractivity contribution in [2.24, 2.45) is 0 Å². The van der Waals surface area contributed by atoms with E-state index in [0.29, 0.717) is 5.25 Å². The lowest BCUT2D eigenvalue weighted by Crippen LogP contribution is -2.18. The molecule has 0 aliphatic carbocycles. The van der Waals surface area contributed by atoms with Crippen LogP contribution in [0.4, 0.5) is 0 Å². The normalized spacial score (nSPS) is 23.3. The first-order chi connectivity index (χ1) is 6.34. The summed E-state index contributed by atoms with van der Waals surface area (Å²) in [4.78, 5) is 4.20. The lowest BCUT2D eigenvalue weighted by molar-refractivity contribution is 0.101. The van der Waals surface area contributed by atoms with Gasteiger partial charge in [0.25, 0.3) is 0 Å². The van der Waals surface area contributed by atoms with Crippen molar-refractivity contribution in [2.75, 3.05) is 13.2 Å². The van der Waals surface area contributed by atoms with Gasteiger partial charge in [0.2, 0.25) is 0 Å². The first-order valence-electron chi connectivity index (χ1n) is 4.20. The number of thiazole rings is 1. The molecule has 0 spiro atoms. The van der Waals surface area contributed by atoms with Crippen molar-refractivity contribution in [1.82, 2.24) is 4.98 Å². The number of ether oxygens (including phenoxy) is 1. The number of aromatic nitrogens is 1. The van der Waals surface area contributed by atoms with Gasteiger partial charge in [-0.05, 0) is 12.8 Å². The molecule has 0 saturated carbocycles. The average Bonchev–Trinajstić information content (AvgIpc) is 2.53. The highest BCUT2D eigenvalue weighted by Gasteiger charge is 2.16. The van der Waals surface area contributed by atoms with Gasteiger partial charge >= 0.3 is 0 Å². The Morgan fingerprint density at radius 1 is 1.69 bits per heavy atom. The van der Waals surface area contributed by atoms with Crippen molar-refractivity contribution in [3.05, 3.63) is 10.5 Å².